The monoisotopic (exact) mass is 816 g/mol. The molecule has 16 heteroatoms. The number of fused-ring (bicyclic) bond motifs is 4. The van der Waals surface area contributed by atoms with Gasteiger partial charge in [-0.15, -0.1) is 0 Å². The van der Waals surface area contributed by atoms with Gasteiger partial charge in [-0.05, 0) is 80.7 Å². The van der Waals surface area contributed by atoms with Gasteiger partial charge in [0.05, 0.1) is 36.7 Å². The molecule has 6 atom stereocenters. The zero-order valence-corrected chi connectivity index (χ0v) is 33.8. The number of methoxy groups -OCH3 is 2. The highest BCUT2D eigenvalue weighted by Gasteiger charge is 2.53. The lowest BCUT2D eigenvalue weighted by atomic mass is 10.0. The van der Waals surface area contributed by atoms with Gasteiger partial charge in [0.2, 0.25) is 0 Å². The molecule has 0 radical (unpaired) electrons. The molecule has 4 aliphatic heterocycles. The van der Waals surface area contributed by atoms with E-state index in [0.29, 0.717) is 30.8 Å². The molecule has 4 heterocycles. The smallest absolute Gasteiger partial charge is 0.416 e. The van der Waals surface area contributed by atoms with Crippen molar-refractivity contribution < 1.29 is 57.8 Å². The van der Waals surface area contributed by atoms with Crippen LogP contribution in [0, 0.1) is 0 Å². The molecule has 2 unspecified atom stereocenters. The zero-order chi connectivity index (χ0) is 42.4. The van der Waals surface area contributed by atoms with Crippen LogP contribution in [0.15, 0.2) is 85.0 Å². The molecule has 0 spiro atoms. The van der Waals surface area contributed by atoms with E-state index in [4.69, 9.17) is 28.4 Å². The summed E-state index contributed by atoms with van der Waals surface area (Å²) in [5.41, 5.74) is 2.28. The Morgan fingerprint density at radius 2 is 1.10 bits per heavy atom. The van der Waals surface area contributed by atoms with Crippen LogP contribution in [0.25, 0.3) is 0 Å². The number of amides is 4. The number of aliphatic hydroxyl groups excluding tert-OH is 2. The molecule has 316 valence electrons. The van der Waals surface area contributed by atoms with Gasteiger partial charge in [-0.3, -0.25) is 9.59 Å². The second kappa shape index (κ2) is 18.9. The number of hydrogen-bond donors (Lipinski definition) is 2. The summed E-state index contributed by atoms with van der Waals surface area (Å²) in [5.74, 6) is 0.0403. The average molecular weight is 817 g/mol. The van der Waals surface area contributed by atoms with E-state index in [1.54, 1.807) is 24.3 Å². The van der Waals surface area contributed by atoms with Crippen molar-refractivity contribution in [3.63, 3.8) is 0 Å². The van der Waals surface area contributed by atoms with Gasteiger partial charge >= 0.3 is 12.2 Å². The third-order valence-electron chi connectivity index (χ3n) is 11.0. The first-order valence-electron chi connectivity index (χ1n) is 19.6. The fraction of sp³-hybridized carbons (Fsp3) is 0.442. The molecular weight excluding hydrogens is 764 g/mol. The number of aliphatic hydroxyl groups is 2. The summed E-state index contributed by atoms with van der Waals surface area (Å²) in [6, 6.07) is 7.49. The summed E-state index contributed by atoms with van der Waals surface area (Å²) >= 11 is 0. The molecule has 0 aromatic heterocycles. The topological polar surface area (TPSA) is 177 Å². The Morgan fingerprint density at radius 3 is 1.46 bits per heavy atom. The van der Waals surface area contributed by atoms with E-state index >= 15 is 0 Å². The number of ether oxygens (including phenoxy) is 6. The number of carbonyl (C=O) groups excluding carboxylic acids is 4. The first-order valence-corrected chi connectivity index (χ1v) is 19.6. The molecule has 6 rings (SSSR count). The van der Waals surface area contributed by atoms with Crippen molar-refractivity contribution >= 4 is 35.4 Å². The van der Waals surface area contributed by atoms with Crippen LogP contribution in [0.4, 0.5) is 21.0 Å². The fourth-order valence-corrected chi connectivity index (χ4v) is 8.08. The molecule has 2 aromatic carbocycles. The number of anilines is 2. The molecule has 4 aliphatic rings. The lowest BCUT2D eigenvalue weighted by molar-refractivity contribution is -0.0172. The van der Waals surface area contributed by atoms with E-state index in [1.807, 2.05) is 26.0 Å². The number of unbranched alkanes of at least 4 members (excludes halogenated alkanes) is 2. The van der Waals surface area contributed by atoms with Crippen molar-refractivity contribution in [3.8, 4) is 11.5 Å². The number of rotatable bonds is 14. The maximum absolute atomic E-state index is 14.0. The van der Waals surface area contributed by atoms with Gasteiger partial charge in [-0.25, -0.2) is 19.4 Å². The molecule has 16 nitrogen and oxygen atoms in total. The fourth-order valence-electron chi connectivity index (χ4n) is 8.08. The van der Waals surface area contributed by atoms with Gasteiger partial charge < -0.3 is 48.4 Å². The summed E-state index contributed by atoms with van der Waals surface area (Å²) in [6.45, 7) is 11.6. The Balaban J connectivity index is 1.12. The third-order valence-corrected chi connectivity index (χ3v) is 11.0. The minimum atomic E-state index is -1.51. The minimum absolute atomic E-state index is 0.0961. The van der Waals surface area contributed by atoms with Gasteiger partial charge in [0, 0.05) is 26.3 Å². The second-order valence-electron chi connectivity index (χ2n) is 14.3. The van der Waals surface area contributed by atoms with E-state index in [-0.39, 0.29) is 62.0 Å². The van der Waals surface area contributed by atoms with Crippen molar-refractivity contribution in [2.24, 2.45) is 0 Å². The molecular formula is C43H52N4O12. The molecule has 2 saturated heterocycles. The van der Waals surface area contributed by atoms with Crippen molar-refractivity contribution in [1.82, 2.24) is 9.80 Å². The van der Waals surface area contributed by atoms with Gasteiger partial charge in [0.25, 0.3) is 11.8 Å². The Labute approximate surface area is 343 Å². The average Bonchev–Trinajstić information content (AvgIpc) is 3.77. The summed E-state index contributed by atoms with van der Waals surface area (Å²) < 4.78 is 34.2. The summed E-state index contributed by atoms with van der Waals surface area (Å²) in [6.07, 6.45) is 2.24. The van der Waals surface area contributed by atoms with Crippen LogP contribution in [0.1, 0.15) is 53.8 Å². The second-order valence-corrected chi connectivity index (χ2v) is 14.3. The van der Waals surface area contributed by atoms with Crippen molar-refractivity contribution in [1.29, 1.82) is 0 Å². The van der Waals surface area contributed by atoms with Crippen molar-refractivity contribution in [2.45, 2.75) is 69.9 Å². The first kappa shape index (κ1) is 42.9. The lowest BCUT2D eigenvalue weighted by Crippen LogP contribution is -2.55. The lowest BCUT2D eigenvalue weighted by Gasteiger charge is -2.34. The van der Waals surface area contributed by atoms with Gasteiger partial charge in [-0.1, -0.05) is 37.5 Å². The maximum Gasteiger partial charge on any atom is 0.416 e. The quantitative estimate of drug-likeness (QED) is 0.197. The van der Waals surface area contributed by atoms with E-state index in [9.17, 15) is 29.4 Å². The van der Waals surface area contributed by atoms with Crippen LogP contribution in [-0.4, -0.2) is 134 Å². The third kappa shape index (κ3) is 8.30. The summed E-state index contributed by atoms with van der Waals surface area (Å²) in [5, 5.41) is 23.7. The molecule has 0 saturated carbocycles. The Bertz CT molecular complexity index is 1860. The molecule has 2 fully saturated rings. The zero-order valence-electron chi connectivity index (χ0n) is 33.8. The van der Waals surface area contributed by atoms with Crippen LogP contribution >= 0.6 is 0 Å². The number of allylic oxidation sites excluding steroid dienone is 2. The van der Waals surface area contributed by atoms with Crippen LogP contribution < -0.4 is 19.3 Å². The molecule has 2 aromatic rings. The Morgan fingerprint density at radius 1 is 0.695 bits per heavy atom. The standard InChI is InChI=1S/C43H52N4O12/c1-7-18-58-42(52)46-32-16-14-28(54-5)22-30(32)38(48)44-24-26(9-3)36(34(44)40(46)50)56-20-12-11-13-21-57-37-27(10-4)25-45-35(37)41(51)47(43(53)59-19-8-2)33-17-15-29(55-6)23-31(33)39(45)49/h7-10,14-17,22-23,34-37,40-41,50-51H,1-2,11-13,18-21,24-25H2,3-6H3/b26-9+,27-10+/t34-,35-,36?,37?,40-,41-/m0/s1. The first-order chi connectivity index (χ1) is 28.5. The number of hydrogen-bond acceptors (Lipinski definition) is 12. The predicted octanol–water partition coefficient (Wildman–Crippen LogP) is 4.81. The van der Waals surface area contributed by atoms with Crippen molar-refractivity contribution in [2.75, 3.05) is 63.5 Å². The van der Waals surface area contributed by atoms with Crippen LogP contribution in [0.3, 0.4) is 0 Å². The predicted molar refractivity (Wildman–Crippen MR) is 217 cm³/mol. The Hall–Kier alpha value is -5.68. The van der Waals surface area contributed by atoms with E-state index in [2.05, 4.69) is 13.2 Å². The highest BCUT2D eigenvalue weighted by molar-refractivity contribution is 6.07. The van der Waals surface area contributed by atoms with Crippen LogP contribution in [0.2, 0.25) is 0 Å². The molecule has 0 bridgehead atoms. The van der Waals surface area contributed by atoms with Crippen LogP contribution in [0.5, 0.6) is 11.5 Å². The highest BCUT2D eigenvalue weighted by atomic mass is 16.6. The highest BCUT2D eigenvalue weighted by Crippen LogP contribution is 2.41. The van der Waals surface area contributed by atoms with E-state index in [0.717, 1.165) is 20.9 Å². The largest absolute Gasteiger partial charge is 0.497 e. The summed E-state index contributed by atoms with van der Waals surface area (Å²) in [7, 11) is 2.95. The normalized spacial score (nSPS) is 24.8. The molecule has 4 amide bonds. The van der Waals surface area contributed by atoms with Crippen LogP contribution in [-0.2, 0) is 18.9 Å². The van der Waals surface area contributed by atoms with Crippen molar-refractivity contribution in [3.05, 3.63) is 96.1 Å². The summed E-state index contributed by atoms with van der Waals surface area (Å²) in [4.78, 5) is 60.0. The SMILES string of the molecule is C=CCOC(=O)N1c2ccc(OC)cc2C(=O)N2C/C(=C\C)C(OCCCCCOC3/C(=C/C)CN4C(=O)c5cc(OC)ccc5N(C(=O)OCC=C)[C@@H](O)[C@H]34)[C@H]2[C@@H]1O. The van der Waals surface area contributed by atoms with E-state index < -0.39 is 60.7 Å². The number of benzene rings is 2. The maximum atomic E-state index is 14.0. The molecule has 59 heavy (non-hydrogen) atoms. The van der Waals surface area contributed by atoms with Gasteiger partial charge in [0.1, 0.15) is 49.0 Å². The molecule has 0 aliphatic carbocycles. The number of nitrogens with zero attached hydrogens (tertiary/aromatic N) is 4. The van der Waals surface area contributed by atoms with Gasteiger partial charge in [-0.2, -0.15) is 0 Å². The molecule has 2 N–H and O–H groups in total. The van der Waals surface area contributed by atoms with Gasteiger partial charge in [0.15, 0.2) is 12.5 Å². The minimum Gasteiger partial charge on any atom is -0.497 e. The Kier molecular flexibility index (Phi) is 13.8. The number of carbonyl (C=O) groups is 4. The van der Waals surface area contributed by atoms with E-state index in [1.165, 1.54) is 48.3 Å².